The van der Waals surface area contributed by atoms with E-state index in [0.717, 1.165) is 27.8 Å². The molecule has 6 heteroatoms. The number of methoxy groups -OCH3 is 1. The number of nitrogens with zero attached hydrogens (tertiary/aromatic N) is 1. The molecular weight excluding hydrogens is 430 g/mol. The molecule has 3 rings (SSSR count). The fourth-order valence-corrected chi connectivity index (χ4v) is 3.71. The summed E-state index contributed by atoms with van der Waals surface area (Å²) in [4.78, 5) is 25.8. The average Bonchev–Trinajstić information content (AvgIpc) is 2.83. The van der Waals surface area contributed by atoms with Crippen LogP contribution < -0.4 is 4.74 Å². The number of carboxylic acid groups (broad SMARTS) is 1. The number of hydrogen-bond acceptors (Lipinski definition) is 4. The molecule has 0 radical (unpaired) electrons. The Kier molecular flexibility index (Phi) is 8.09. The molecule has 0 spiro atoms. The molecule has 0 aliphatic rings. The highest BCUT2D eigenvalue weighted by atomic mass is 16.5. The summed E-state index contributed by atoms with van der Waals surface area (Å²) in [5.74, 6) is -0.532. The van der Waals surface area contributed by atoms with E-state index in [2.05, 4.69) is 6.07 Å². The van der Waals surface area contributed by atoms with E-state index in [0.29, 0.717) is 17.9 Å². The van der Waals surface area contributed by atoms with Crippen molar-refractivity contribution in [3.8, 4) is 16.9 Å². The lowest BCUT2D eigenvalue weighted by Crippen LogP contribution is -2.26. The van der Waals surface area contributed by atoms with Gasteiger partial charge in [0, 0.05) is 19.2 Å². The molecule has 3 aromatic carbocycles. The molecule has 1 amide bonds. The summed E-state index contributed by atoms with van der Waals surface area (Å²) >= 11 is 0. The summed E-state index contributed by atoms with van der Waals surface area (Å²) in [6.45, 7) is 4.49. The predicted molar refractivity (Wildman–Crippen MR) is 133 cm³/mol. The summed E-state index contributed by atoms with van der Waals surface area (Å²) in [6, 6.07) is 20.9. The standard InChI is InChI=1S/C28H29NO5/c1-5-34-26(28(31)32)17-20-9-14-25(19(2)15-20)23-8-6-7-21(16-23)18-29(3)27(30)22-10-12-24(33-4)13-11-22/h6-17H,5,18H2,1-4H3,(H,31,32)/b26-17-. The van der Waals surface area contributed by atoms with E-state index in [-0.39, 0.29) is 18.3 Å². The Labute approximate surface area is 200 Å². The topological polar surface area (TPSA) is 76.1 Å². The van der Waals surface area contributed by atoms with Crippen molar-refractivity contribution in [3.05, 3.63) is 94.7 Å². The summed E-state index contributed by atoms with van der Waals surface area (Å²) in [5, 5.41) is 9.28. The second-order valence-electron chi connectivity index (χ2n) is 7.91. The third kappa shape index (κ3) is 6.04. The smallest absolute Gasteiger partial charge is 0.371 e. The van der Waals surface area contributed by atoms with Crippen LogP contribution in [0.2, 0.25) is 0 Å². The van der Waals surface area contributed by atoms with Gasteiger partial charge >= 0.3 is 5.97 Å². The van der Waals surface area contributed by atoms with Crippen molar-refractivity contribution in [2.24, 2.45) is 0 Å². The number of rotatable bonds is 9. The fraction of sp³-hybridized carbons (Fsp3) is 0.214. The van der Waals surface area contributed by atoms with Gasteiger partial charge in [0.25, 0.3) is 5.91 Å². The average molecular weight is 460 g/mol. The number of carbonyl (C=O) groups is 2. The lowest BCUT2D eigenvalue weighted by atomic mass is 9.96. The van der Waals surface area contributed by atoms with Crippen LogP contribution >= 0.6 is 0 Å². The molecule has 176 valence electrons. The number of aliphatic carboxylic acids is 1. The van der Waals surface area contributed by atoms with Gasteiger partial charge in [-0.15, -0.1) is 0 Å². The first-order valence-corrected chi connectivity index (χ1v) is 11.0. The number of amides is 1. The van der Waals surface area contributed by atoms with Gasteiger partial charge < -0.3 is 19.5 Å². The number of carboxylic acids is 1. The third-order valence-corrected chi connectivity index (χ3v) is 5.40. The van der Waals surface area contributed by atoms with Gasteiger partial charge in [0.2, 0.25) is 5.76 Å². The molecule has 0 aliphatic heterocycles. The van der Waals surface area contributed by atoms with Gasteiger partial charge in [0.15, 0.2) is 0 Å². The van der Waals surface area contributed by atoms with Gasteiger partial charge in [-0.3, -0.25) is 4.79 Å². The molecular formula is C28H29NO5. The van der Waals surface area contributed by atoms with Crippen LogP contribution in [0.5, 0.6) is 5.75 Å². The maximum absolute atomic E-state index is 12.8. The monoisotopic (exact) mass is 459 g/mol. The van der Waals surface area contributed by atoms with Gasteiger partial charge in [-0.2, -0.15) is 0 Å². The molecule has 0 aromatic heterocycles. The van der Waals surface area contributed by atoms with Crippen molar-refractivity contribution >= 4 is 18.0 Å². The third-order valence-electron chi connectivity index (χ3n) is 5.40. The zero-order valence-corrected chi connectivity index (χ0v) is 19.9. The van der Waals surface area contributed by atoms with E-state index in [1.54, 1.807) is 50.2 Å². The minimum Gasteiger partial charge on any atom is -0.497 e. The maximum atomic E-state index is 12.8. The zero-order valence-electron chi connectivity index (χ0n) is 19.9. The van der Waals surface area contributed by atoms with E-state index >= 15 is 0 Å². The molecule has 0 saturated carbocycles. The van der Waals surface area contributed by atoms with Crippen molar-refractivity contribution in [2.45, 2.75) is 20.4 Å². The van der Waals surface area contributed by atoms with E-state index in [1.807, 2.05) is 43.3 Å². The Morgan fingerprint density at radius 3 is 2.38 bits per heavy atom. The molecule has 0 heterocycles. The second-order valence-corrected chi connectivity index (χ2v) is 7.91. The molecule has 0 saturated heterocycles. The number of carbonyl (C=O) groups excluding carboxylic acids is 1. The number of benzene rings is 3. The second kappa shape index (κ2) is 11.2. The van der Waals surface area contributed by atoms with Crippen molar-refractivity contribution in [1.29, 1.82) is 0 Å². The molecule has 1 N–H and O–H groups in total. The molecule has 0 atom stereocenters. The zero-order chi connectivity index (χ0) is 24.7. The molecule has 0 bridgehead atoms. The number of aryl methyl sites for hydroxylation is 1. The quantitative estimate of drug-likeness (QED) is 0.342. The minimum absolute atomic E-state index is 0.0658. The van der Waals surface area contributed by atoms with Crippen LogP contribution in [0.4, 0.5) is 0 Å². The first-order valence-electron chi connectivity index (χ1n) is 11.0. The predicted octanol–water partition coefficient (Wildman–Crippen LogP) is 5.40. The molecule has 3 aromatic rings. The van der Waals surface area contributed by atoms with Crippen molar-refractivity contribution in [3.63, 3.8) is 0 Å². The number of hydrogen-bond donors (Lipinski definition) is 1. The summed E-state index contributed by atoms with van der Waals surface area (Å²) in [5.41, 5.74) is 5.44. The Morgan fingerprint density at radius 2 is 1.76 bits per heavy atom. The SMILES string of the molecule is CCO/C(=C\c1ccc(-c2cccc(CN(C)C(=O)c3ccc(OC)cc3)c2)c(C)c1)C(=O)O. The minimum atomic E-state index is -1.09. The molecule has 0 fully saturated rings. The summed E-state index contributed by atoms with van der Waals surface area (Å²) in [7, 11) is 3.38. The van der Waals surface area contributed by atoms with E-state index in [4.69, 9.17) is 9.47 Å². The van der Waals surface area contributed by atoms with Crippen molar-refractivity contribution in [2.75, 3.05) is 20.8 Å². The molecule has 34 heavy (non-hydrogen) atoms. The van der Waals surface area contributed by atoms with Crippen LogP contribution in [0, 0.1) is 6.92 Å². The van der Waals surface area contributed by atoms with Gasteiger partial charge in [-0.05, 0) is 78.1 Å². The van der Waals surface area contributed by atoms with Crippen molar-refractivity contribution in [1.82, 2.24) is 4.90 Å². The van der Waals surface area contributed by atoms with E-state index in [9.17, 15) is 14.7 Å². The molecule has 0 aliphatic carbocycles. The summed E-state index contributed by atoms with van der Waals surface area (Å²) < 4.78 is 10.4. The highest BCUT2D eigenvalue weighted by Crippen LogP contribution is 2.26. The Hall–Kier alpha value is -4.06. The lowest BCUT2D eigenvalue weighted by molar-refractivity contribution is -0.136. The van der Waals surface area contributed by atoms with Crippen LogP contribution in [-0.2, 0) is 16.1 Å². The highest BCUT2D eigenvalue weighted by Gasteiger charge is 2.13. The summed E-state index contributed by atoms with van der Waals surface area (Å²) in [6.07, 6.45) is 1.53. The number of ether oxygens (including phenoxy) is 2. The first-order chi connectivity index (χ1) is 16.3. The van der Waals surface area contributed by atoms with Crippen LogP contribution in [0.1, 0.15) is 34.0 Å². The van der Waals surface area contributed by atoms with E-state index in [1.165, 1.54) is 6.08 Å². The molecule has 6 nitrogen and oxygen atoms in total. The molecule has 0 unspecified atom stereocenters. The normalized spacial score (nSPS) is 11.1. The van der Waals surface area contributed by atoms with Gasteiger partial charge in [0.1, 0.15) is 5.75 Å². The Bertz CT molecular complexity index is 1200. The van der Waals surface area contributed by atoms with Crippen LogP contribution in [0.3, 0.4) is 0 Å². The first kappa shape index (κ1) is 24.6. The fourth-order valence-electron chi connectivity index (χ4n) is 3.71. The van der Waals surface area contributed by atoms with Crippen LogP contribution in [-0.4, -0.2) is 42.6 Å². The van der Waals surface area contributed by atoms with E-state index < -0.39 is 5.97 Å². The van der Waals surface area contributed by atoms with Crippen LogP contribution in [0.15, 0.2) is 72.5 Å². The highest BCUT2D eigenvalue weighted by molar-refractivity contribution is 5.94. The Balaban J connectivity index is 1.78. The van der Waals surface area contributed by atoms with Crippen LogP contribution in [0.25, 0.3) is 17.2 Å². The van der Waals surface area contributed by atoms with Gasteiger partial charge in [-0.25, -0.2) is 4.79 Å². The van der Waals surface area contributed by atoms with Gasteiger partial charge in [0.05, 0.1) is 13.7 Å². The lowest BCUT2D eigenvalue weighted by Gasteiger charge is -2.18. The van der Waals surface area contributed by atoms with Gasteiger partial charge in [-0.1, -0.05) is 36.4 Å². The Morgan fingerprint density at radius 1 is 1.03 bits per heavy atom. The largest absolute Gasteiger partial charge is 0.497 e. The van der Waals surface area contributed by atoms with Crippen molar-refractivity contribution < 1.29 is 24.2 Å². The maximum Gasteiger partial charge on any atom is 0.371 e.